The molecule has 3 N–H and O–H groups in total. The molecule has 4 nitrogen and oxygen atoms in total. The van der Waals surface area contributed by atoms with E-state index in [0.29, 0.717) is 11.4 Å². The second kappa shape index (κ2) is 4.00. The minimum atomic E-state index is -0.475. The van der Waals surface area contributed by atoms with E-state index in [1.54, 1.807) is 12.1 Å². The molecular weight excluding hydrogens is 180 g/mol. The highest BCUT2D eigenvalue weighted by atomic mass is 16.6. The Balaban J connectivity index is 2.98. The predicted octanol–water partition coefficient (Wildman–Crippen LogP) is 1.60. The summed E-state index contributed by atoms with van der Waals surface area (Å²) in [6, 6.07) is 3.54. The first-order valence-electron chi connectivity index (χ1n) is 4.31. The van der Waals surface area contributed by atoms with E-state index in [0.717, 1.165) is 11.1 Å². The second-order valence-corrected chi connectivity index (χ2v) is 3.11. The SMILES string of the molecule is CNC(=O)Oc1cc(C)c(N)cc1C. The summed E-state index contributed by atoms with van der Waals surface area (Å²) in [7, 11) is 1.52. The van der Waals surface area contributed by atoms with Crippen molar-refractivity contribution < 1.29 is 9.53 Å². The molecule has 14 heavy (non-hydrogen) atoms. The third-order valence-electron chi connectivity index (χ3n) is 1.97. The van der Waals surface area contributed by atoms with Crippen LogP contribution in [0.25, 0.3) is 0 Å². The molecule has 0 spiro atoms. The van der Waals surface area contributed by atoms with Gasteiger partial charge in [-0.15, -0.1) is 0 Å². The van der Waals surface area contributed by atoms with Gasteiger partial charge in [0.2, 0.25) is 0 Å². The van der Waals surface area contributed by atoms with E-state index < -0.39 is 6.09 Å². The van der Waals surface area contributed by atoms with Crippen molar-refractivity contribution in [3.8, 4) is 5.75 Å². The molecule has 1 aromatic carbocycles. The minimum absolute atomic E-state index is 0.475. The van der Waals surface area contributed by atoms with E-state index in [-0.39, 0.29) is 0 Å². The topological polar surface area (TPSA) is 64.3 Å². The smallest absolute Gasteiger partial charge is 0.410 e. The maximum atomic E-state index is 11.0. The van der Waals surface area contributed by atoms with Crippen molar-refractivity contribution in [2.75, 3.05) is 12.8 Å². The number of aryl methyl sites for hydroxylation is 2. The molecule has 0 unspecified atom stereocenters. The van der Waals surface area contributed by atoms with E-state index in [1.165, 1.54) is 7.05 Å². The van der Waals surface area contributed by atoms with Crippen LogP contribution in [0.1, 0.15) is 11.1 Å². The van der Waals surface area contributed by atoms with Gasteiger partial charge in [-0.2, -0.15) is 0 Å². The summed E-state index contributed by atoms with van der Waals surface area (Å²) in [6.45, 7) is 3.71. The van der Waals surface area contributed by atoms with Crippen LogP contribution in [0, 0.1) is 13.8 Å². The maximum Gasteiger partial charge on any atom is 0.412 e. The Kier molecular flexibility index (Phi) is 2.96. The lowest BCUT2D eigenvalue weighted by molar-refractivity contribution is 0.202. The first kappa shape index (κ1) is 10.4. The molecule has 0 aliphatic carbocycles. The summed E-state index contributed by atoms with van der Waals surface area (Å²) < 4.78 is 5.02. The highest BCUT2D eigenvalue weighted by molar-refractivity contribution is 5.71. The Hall–Kier alpha value is -1.71. The van der Waals surface area contributed by atoms with E-state index in [2.05, 4.69) is 5.32 Å². The number of hydrogen-bond acceptors (Lipinski definition) is 3. The largest absolute Gasteiger partial charge is 0.412 e. The van der Waals surface area contributed by atoms with Crippen LogP contribution >= 0.6 is 0 Å². The maximum absolute atomic E-state index is 11.0. The van der Waals surface area contributed by atoms with Gasteiger partial charge in [0.25, 0.3) is 0 Å². The molecule has 0 saturated heterocycles. The van der Waals surface area contributed by atoms with Gasteiger partial charge >= 0.3 is 6.09 Å². The Morgan fingerprint density at radius 3 is 2.57 bits per heavy atom. The highest BCUT2D eigenvalue weighted by Gasteiger charge is 2.06. The number of ether oxygens (including phenoxy) is 1. The molecule has 4 heteroatoms. The molecule has 1 amide bonds. The lowest BCUT2D eigenvalue weighted by Gasteiger charge is -2.09. The van der Waals surface area contributed by atoms with Crippen molar-refractivity contribution in [3.63, 3.8) is 0 Å². The van der Waals surface area contributed by atoms with Crippen molar-refractivity contribution in [2.45, 2.75) is 13.8 Å². The van der Waals surface area contributed by atoms with Crippen LogP contribution in [0.3, 0.4) is 0 Å². The molecule has 0 atom stereocenters. The molecule has 1 rings (SSSR count). The van der Waals surface area contributed by atoms with Gasteiger partial charge in [0.1, 0.15) is 5.75 Å². The van der Waals surface area contributed by atoms with Gasteiger partial charge in [0, 0.05) is 12.7 Å². The van der Waals surface area contributed by atoms with Crippen molar-refractivity contribution in [1.82, 2.24) is 5.32 Å². The molecule has 0 bridgehead atoms. The Labute approximate surface area is 83.1 Å². The fourth-order valence-corrected chi connectivity index (χ4v) is 1.07. The number of anilines is 1. The molecule has 0 saturated carbocycles. The van der Waals surface area contributed by atoms with Gasteiger partial charge in [-0.1, -0.05) is 0 Å². The summed E-state index contributed by atoms with van der Waals surface area (Å²) in [5.41, 5.74) is 8.14. The lowest BCUT2D eigenvalue weighted by Crippen LogP contribution is -2.22. The molecule has 0 heterocycles. The van der Waals surface area contributed by atoms with Gasteiger partial charge in [0.15, 0.2) is 0 Å². The number of carbonyl (C=O) groups excluding carboxylic acids is 1. The van der Waals surface area contributed by atoms with Crippen LogP contribution in [-0.4, -0.2) is 13.1 Å². The third kappa shape index (κ3) is 2.16. The number of amides is 1. The fraction of sp³-hybridized carbons (Fsp3) is 0.300. The minimum Gasteiger partial charge on any atom is -0.410 e. The molecule has 0 aliphatic heterocycles. The number of hydrogen-bond donors (Lipinski definition) is 2. The summed E-state index contributed by atoms with van der Waals surface area (Å²) >= 11 is 0. The van der Waals surface area contributed by atoms with Gasteiger partial charge in [-0.05, 0) is 37.1 Å². The molecule has 0 aromatic heterocycles. The number of nitrogen functional groups attached to an aromatic ring is 1. The standard InChI is InChI=1S/C10H14N2O2/c1-6-5-9(14-10(13)12-3)7(2)4-8(6)11/h4-5H,11H2,1-3H3,(H,12,13). The molecule has 0 fully saturated rings. The van der Waals surface area contributed by atoms with Crippen LogP contribution in [0.5, 0.6) is 5.75 Å². The average molecular weight is 194 g/mol. The normalized spacial score (nSPS) is 9.64. The summed E-state index contributed by atoms with van der Waals surface area (Å²) in [5.74, 6) is 0.538. The van der Waals surface area contributed by atoms with Gasteiger partial charge < -0.3 is 15.8 Å². The monoisotopic (exact) mass is 194 g/mol. The number of carbonyl (C=O) groups is 1. The predicted molar refractivity (Wildman–Crippen MR) is 55.4 cm³/mol. The van der Waals surface area contributed by atoms with Crippen LogP contribution in [0.4, 0.5) is 10.5 Å². The van der Waals surface area contributed by atoms with Crippen LogP contribution in [0.15, 0.2) is 12.1 Å². The first-order chi connectivity index (χ1) is 6.54. The highest BCUT2D eigenvalue weighted by Crippen LogP contribution is 2.24. The molecule has 0 radical (unpaired) electrons. The zero-order chi connectivity index (χ0) is 10.7. The van der Waals surface area contributed by atoms with Crippen molar-refractivity contribution in [2.24, 2.45) is 0 Å². The molecule has 76 valence electrons. The fourth-order valence-electron chi connectivity index (χ4n) is 1.07. The Bertz CT molecular complexity index is 361. The number of nitrogens with one attached hydrogen (secondary N) is 1. The van der Waals surface area contributed by atoms with E-state index >= 15 is 0 Å². The van der Waals surface area contributed by atoms with Crippen LogP contribution in [0.2, 0.25) is 0 Å². The van der Waals surface area contributed by atoms with Gasteiger partial charge in [-0.25, -0.2) is 4.79 Å². The van der Waals surface area contributed by atoms with E-state index in [1.807, 2.05) is 13.8 Å². The van der Waals surface area contributed by atoms with Crippen LogP contribution < -0.4 is 15.8 Å². The zero-order valence-corrected chi connectivity index (χ0v) is 8.55. The summed E-state index contributed by atoms with van der Waals surface area (Å²) in [4.78, 5) is 11.0. The van der Waals surface area contributed by atoms with E-state index in [4.69, 9.17) is 10.5 Å². The van der Waals surface area contributed by atoms with Crippen molar-refractivity contribution in [3.05, 3.63) is 23.3 Å². The second-order valence-electron chi connectivity index (χ2n) is 3.11. The number of rotatable bonds is 1. The molecule has 0 aliphatic rings. The number of benzene rings is 1. The Morgan fingerprint density at radius 2 is 2.00 bits per heavy atom. The Morgan fingerprint density at radius 1 is 1.36 bits per heavy atom. The summed E-state index contributed by atoms with van der Waals surface area (Å²) in [5, 5.41) is 2.38. The lowest BCUT2D eigenvalue weighted by atomic mass is 10.1. The molecule has 1 aromatic rings. The van der Waals surface area contributed by atoms with Gasteiger partial charge in [-0.3, -0.25) is 0 Å². The first-order valence-corrected chi connectivity index (χ1v) is 4.31. The quantitative estimate of drug-likeness (QED) is 0.667. The van der Waals surface area contributed by atoms with Gasteiger partial charge in [0.05, 0.1) is 0 Å². The van der Waals surface area contributed by atoms with Crippen molar-refractivity contribution in [1.29, 1.82) is 0 Å². The van der Waals surface area contributed by atoms with Crippen LogP contribution in [-0.2, 0) is 0 Å². The molecular formula is C10H14N2O2. The third-order valence-corrected chi connectivity index (χ3v) is 1.97. The van der Waals surface area contributed by atoms with E-state index in [9.17, 15) is 4.79 Å². The zero-order valence-electron chi connectivity index (χ0n) is 8.55. The summed E-state index contributed by atoms with van der Waals surface area (Å²) in [6.07, 6.45) is -0.475. The average Bonchev–Trinajstić information content (AvgIpc) is 2.14. The number of nitrogens with two attached hydrogens (primary N) is 1. The van der Waals surface area contributed by atoms with Crippen molar-refractivity contribution >= 4 is 11.8 Å².